The largest absolute Gasteiger partial charge is 0.494 e. The summed E-state index contributed by atoms with van der Waals surface area (Å²) in [4.78, 5) is 35.6. The van der Waals surface area contributed by atoms with E-state index >= 15 is 0 Å². The Kier molecular flexibility index (Phi) is 13.9. The molecule has 0 unspecified atom stereocenters. The van der Waals surface area contributed by atoms with Gasteiger partial charge < -0.3 is 14.6 Å². The Morgan fingerprint density at radius 1 is 0.817 bits per heavy atom. The minimum Gasteiger partial charge on any atom is -0.399 e. The smallest absolute Gasteiger partial charge is 0.399 e. The highest BCUT2D eigenvalue weighted by Gasteiger charge is 2.51. The highest BCUT2D eigenvalue weighted by Crippen LogP contribution is 2.37. The number of thioether (sulfide) groups is 2. The van der Waals surface area contributed by atoms with Gasteiger partial charge in [0, 0.05) is 29.2 Å². The molecule has 1 saturated heterocycles. The molecule has 5 heterocycles. The van der Waals surface area contributed by atoms with E-state index in [9.17, 15) is 9.59 Å². The molecule has 3 aliphatic rings. The summed E-state index contributed by atoms with van der Waals surface area (Å²) in [5, 5.41) is 11.9. The topological polar surface area (TPSA) is 125 Å². The van der Waals surface area contributed by atoms with E-state index in [1.165, 1.54) is 12.8 Å². The number of nitrogens with zero attached hydrogens (tertiary/aromatic N) is 6. The average Bonchev–Trinajstić information content (AvgIpc) is 4.11. The Morgan fingerprint density at radius 3 is 1.95 bits per heavy atom. The van der Waals surface area contributed by atoms with Gasteiger partial charge in [-0.05, 0) is 181 Å². The lowest BCUT2D eigenvalue weighted by atomic mass is 9.78. The molecule has 1 aliphatic heterocycles. The summed E-state index contributed by atoms with van der Waals surface area (Å²) in [7, 11) is -0.385. The number of hydrogen-bond acceptors (Lipinski definition) is 10. The summed E-state index contributed by atoms with van der Waals surface area (Å²) in [6.07, 6.45) is 13.0. The molecular weight excluding hydrogens is 1040 g/mol. The van der Waals surface area contributed by atoms with Gasteiger partial charge in [-0.3, -0.25) is 9.59 Å². The molecule has 314 valence electrons. The quantitative estimate of drug-likeness (QED) is 0.0648. The molecular formula is C43H47BBr2IN7O4S2. The molecule has 1 amide bonds. The number of halogens is 3. The molecule has 11 nitrogen and oxygen atoms in total. The van der Waals surface area contributed by atoms with E-state index in [4.69, 9.17) is 9.31 Å². The van der Waals surface area contributed by atoms with Crippen molar-refractivity contribution in [2.75, 3.05) is 12.5 Å². The zero-order valence-corrected chi connectivity index (χ0v) is 41.8. The predicted molar refractivity (Wildman–Crippen MR) is 257 cm³/mol. The molecule has 9 rings (SSSR count). The fraction of sp³-hybridized carbons (Fsp3) is 0.395. The standard InChI is InChI=1S/C19H18BrN3OS.C17H24BNO3.C7H5BrIN3S/c1-11-7-13(5-6-14(11)16(24)8-12-3-4-12)15-10-21-19-17(25-2)9-18(20)22-23(15)19;1-11-10-12(18-21-16(2,3)17(4,5)22-18)6-9-14(11)15(20)19-13-7-8-13;1-13-4-2-5(8)11-12-6(9)3-10-7(4)12/h5-7,9-10,12H,3-4,8H2,1-2H3;6,9-10,13H,7-8H2,1-5H3,(H,19,20);2-3H,1H3. The van der Waals surface area contributed by atoms with Crippen molar-refractivity contribution in [3.63, 3.8) is 0 Å². The van der Waals surface area contributed by atoms with Crippen molar-refractivity contribution in [2.45, 2.75) is 101 Å². The third-order valence-electron chi connectivity index (χ3n) is 11.1. The van der Waals surface area contributed by atoms with Crippen LogP contribution >= 0.6 is 78.0 Å². The number of hydrogen-bond donors (Lipinski definition) is 1. The lowest BCUT2D eigenvalue weighted by Crippen LogP contribution is -2.41. The molecule has 1 N–H and O–H groups in total. The lowest BCUT2D eigenvalue weighted by molar-refractivity contribution is 0.00578. The lowest BCUT2D eigenvalue weighted by Gasteiger charge is -2.32. The van der Waals surface area contributed by atoms with Gasteiger partial charge in [0.1, 0.15) is 12.9 Å². The van der Waals surface area contributed by atoms with Crippen molar-refractivity contribution in [2.24, 2.45) is 5.92 Å². The molecule has 2 aromatic carbocycles. The second kappa shape index (κ2) is 18.5. The highest BCUT2D eigenvalue weighted by molar-refractivity contribution is 14.1. The van der Waals surface area contributed by atoms with Gasteiger partial charge in [-0.2, -0.15) is 10.2 Å². The normalized spacial score (nSPS) is 16.6. The number of rotatable bonds is 9. The monoisotopic (exact) mass is 1090 g/mol. The van der Waals surface area contributed by atoms with Crippen LogP contribution in [0.5, 0.6) is 0 Å². The number of nitrogens with one attached hydrogen (secondary N) is 1. The van der Waals surface area contributed by atoms with Crippen molar-refractivity contribution in [3.05, 3.63) is 96.1 Å². The molecule has 3 fully saturated rings. The Bertz CT molecular complexity index is 2580. The minimum absolute atomic E-state index is 0.0143. The SMILES string of the molecule is CSc1cc(Br)nn2c(-c3ccc(C(=O)CC4CC4)c(C)c3)cnc12.CSc1cc(Br)nn2c(I)cnc12.Cc1cc(B2OC(C)(C)C(C)(C)O2)ccc1C(=O)NC1CC1. The number of aryl methyl sites for hydroxylation is 2. The average molecular weight is 1090 g/mol. The number of Topliss-reactive ketones (excluding diaryl/α,β-unsaturated/α-hetero) is 1. The van der Waals surface area contributed by atoms with Crippen LogP contribution in [0.3, 0.4) is 0 Å². The van der Waals surface area contributed by atoms with Crippen LogP contribution in [0.15, 0.2) is 79.9 Å². The summed E-state index contributed by atoms with van der Waals surface area (Å²) in [5.74, 6) is 0.882. The molecule has 60 heavy (non-hydrogen) atoms. The van der Waals surface area contributed by atoms with E-state index in [1.54, 1.807) is 23.5 Å². The van der Waals surface area contributed by atoms with E-state index < -0.39 is 0 Å². The molecule has 0 atom stereocenters. The molecule has 17 heteroatoms. The summed E-state index contributed by atoms with van der Waals surface area (Å²) in [5.41, 5.74) is 7.48. The van der Waals surface area contributed by atoms with Gasteiger partial charge >= 0.3 is 7.12 Å². The van der Waals surface area contributed by atoms with Gasteiger partial charge in [0.2, 0.25) is 0 Å². The van der Waals surface area contributed by atoms with E-state index in [0.29, 0.717) is 18.4 Å². The number of imidazole rings is 2. The molecule has 2 aliphatic carbocycles. The first-order valence-corrected chi connectivity index (χ1v) is 24.8. The van der Waals surface area contributed by atoms with E-state index in [-0.39, 0.29) is 30.0 Å². The second-order valence-corrected chi connectivity index (χ2v) is 20.7. The van der Waals surface area contributed by atoms with E-state index in [2.05, 4.69) is 86.0 Å². The molecule has 2 saturated carbocycles. The number of fused-ring (bicyclic) bond motifs is 2. The number of carbonyl (C=O) groups is 2. The fourth-order valence-corrected chi connectivity index (χ4v) is 9.34. The minimum atomic E-state index is -0.385. The zero-order chi connectivity index (χ0) is 43.1. The maximum absolute atomic E-state index is 12.4. The Hall–Kier alpha value is -2.81. The van der Waals surface area contributed by atoms with Gasteiger partial charge in [0.15, 0.2) is 17.1 Å². The van der Waals surface area contributed by atoms with Crippen LogP contribution in [-0.4, -0.2) is 77.8 Å². The van der Waals surface area contributed by atoms with Crippen LogP contribution in [0.2, 0.25) is 0 Å². The maximum Gasteiger partial charge on any atom is 0.494 e. The summed E-state index contributed by atoms with van der Waals surface area (Å²) in [6, 6.07) is 16.1. The van der Waals surface area contributed by atoms with Crippen molar-refractivity contribution >= 4 is 114 Å². The Balaban J connectivity index is 0.000000143. The van der Waals surface area contributed by atoms with Crippen LogP contribution in [0, 0.1) is 23.5 Å². The highest BCUT2D eigenvalue weighted by atomic mass is 127. The number of ketones is 1. The molecule has 0 radical (unpaired) electrons. The van der Waals surface area contributed by atoms with Gasteiger partial charge in [0.25, 0.3) is 5.91 Å². The molecule has 4 aromatic heterocycles. The number of amides is 1. The van der Waals surface area contributed by atoms with Crippen LogP contribution in [-0.2, 0) is 9.31 Å². The fourth-order valence-electron chi connectivity index (χ4n) is 6.68. The number of carbonyl (C=O) groups excluding carboxylic acids is 2. The van der Waals surface area contributed by atoms with Crippen molar-refractivity contribution < 1.29 is 18.9 Å². The predicted octanol–water partition coefficient (Wildman–Crippen LogP) is 10.2. The zero-order valence-electron chi connectivity index (χ0n) is 34.8. The third-order valence-corrected chi connectivity index (χ3v) is 14.1. The summed E-state index contributed by atoms with van der Waals surface area (Å²) in [6.45, 7) is 12.1. The van der Waals surface area contributed by atoms with Crippen molar-refractivity contribution in [1.82, 2.24) is 34.5 Å². The first-order valence-electron chi connectivity index (χ1n) is 19.7. The van der Waals surface area contributed by atoms with Crippen molar-refractivity contribution in [1.29, 1.82) is 0 Å². The number of aromatic nitrogens is 6. The van der Waals surface area contributed by atoms with Crippen LogP contribution in [0.25, 0.3) is 22.6 Å². The summed E-state index contributed by atoms with van der Waals surface area (Å²) >= 11 is 12.4. The first-order chi connectivity index (χ1) is 28.5. The molecule has 0 bridgehead atoms. The number of benzene rings is 2. The molecule has 6 aromatic rings. The van der Waals surface area contributed by atoms with E-state index in [1.807, 2.05) is 118 Å². The third kappa shape index (κ3) is 10.2. The Morgan fingerprint density at radius 2 is 1.38 bits per heavy atom. The van der Waals surface area contributed by atoms with Gasteiger partial charge in [-0.15, -0.1) is 23.5 Å². The Labute approximate surface area is 390 Å². The van der Waals surface area contributed by atoms with Crippen LogP contribution < -0.4 is 10.8 Å². The van der Waals surface area contributed by atoms with Crippen LogP contribution in [0.4, 0.5) is 0 Å². The van der Waals surface area contributed by atoms with Crippen molar-refractivity contribution in [3.8, 4) is 11.3 Å². The van der Waals surface area contributed by atoms with Gasteiger partial charge in [-0.25, -0.2) is 19.0 Å². The first kappa shape index (κ1) is 45.2. The van der Waals surface area contributed by atoms with Gasteiger partial charge in [0.05, 0.1) is 39.1 Å². The summed E-state index contributed by atoms with van der Waals surface area (Å²) < 4.78 is 18.4. The van der Waals surface area contributed by atoms with Crippen LogP contribution in [0.1, 0.15) is 91.6 Å². The van der Waals surface area contributed by atoms with E-state index in [0.717, 1.165) is 85.8 Å². The molecule has 0 spiro atoms. The second-order valence-electron chi connectivity index (χ2n) is 16.3. The van der Waals surface area contributed by atoms with Gasteiger partial charge in [-0.1, -0.05) is 24.3 Å². The maximum atomic E-state index is 12.4.